The average molecular weight is 330 g/mol. The minimum atomic E-state index is 0.336. The van der Waals surface area contributed by atoms with E-state index in [1.54, 1.807) is 0 Å². The number of carbonyl (C=O) groups is 1. The van der Waals surface area contributed by atoms with Crippen LogP contribution in [0.25, 0.3) is 0 Å². The summed E-state index contributed by atoms with van der Waals surface area (Å²) in [5, 5.41) is 3.60. The van der Waals surface area contributed by atoms with Gasteiger partial charge in [-0.2, -0.15) is 0 Å². The van der Waals surface area contributed by atoms with Crippen molar-refractivity contribution < 1.29 is 4.79 Å². The van der Waals surface area contributed by atoms with Crippen LogP contribution in [0, 0.1) is 17.8 Å². The summed E-state index contributed by atoms with van der Waals surface area (Å²) in [6.45, 7) is 1.82. The molecule has 1 aliphatic heterocycles. The number of thiazole rings is 1. The molecule has 0 aromatic carbocycles. The van der Waals surface area contributed by atoms with Crippen molar-refractivity contribution in [1.82, 2.24) is 9.88 Å². The zero-order chi connectivity index (χ0) is 15.4. The van der Waals surface area contributed by atoms with Crippen LogP contribution in [0.15, 0.2) is 5.38 Å². The Morgan fingerprint density at radius 1 is 1.17 bits per heavy atom. The Kier molecular flexibility index (Phi) is 3.33. The normalized spacial score (nSPS) is 38.7. The molecule has 1 saturated heterocycles. The van der Waals surface area contributed by atoms with E-state index in [1.807, 2.05) is 16.2 Å². The van der Waals surface area contributed by atoms with Gasteiger partial charge in [0.25, 0.3) is 0 Å². The first-order valence-electron chi connectivity index (χ1n) is 9.43. The Morgan fingerprint density at radius 3 is 2.48 bits per heavy atom. The molecule has 23 heavy (non-hydrogen) atoms. The first kappa shape index (κ1) is 14.4. The minimum absolute atomic E-state index is 0.336. The summed E-state index contributed by atoms with van der Waals surface area (Å²) in [6.07, 6.45) is 11.4. The van der Waals surface area contributed by atoms with Crippen LogP contribution in [0.5, 0.6) is 0 Å². The first-order valence-corrected chi connectivity index (χ1v) is 10.3. The van der Waals surface area contributed by atoms with E-state index in [0.717, 1.165) is 50.1 Å². The second-order valence-electron chi connectivity index (χ2n) is 8.56. The summed E-state index contributed by atoms with van der Waals surface area (Å²) in [7, 11) is 0. The number of amides is 1. The fourth-order valence-electron chi connectivity index (χ4n) is 6.26. The van der Waals surface area contributed by atoms with Crippen molar-refractivity contribution in [3.05, 3.63) is 16.1 Å². The highest BCUT2D eigenvalue weighted by molar-refractivity contribution is 7.09. The van der Waals surface area contributed by atoms with Gasteiger partial charge in [0.2, 0.25) is 5.91 Å². The molecule has 124 valence electrons. The maximum atomic E-state index is 11.7. The standard InChI is InChI=1S/C19H26N2OS/c22-18-2-1-4-21(18)5-3-17-20-16(12-23-17)19-9-13-6-14(10-19)8-15(7-13)11-19/h12-15H,1-11H2. The van der Waals surface area contributed by atoms with Crippen LogP contribution in [-0.4, -0.2) is 28.9 Å². The molecule has 4 heteroatoms. The van der Waals surface area contributed by atoms with Gasteiger partial charge >= 0.3 is 0 Å². The predicted octanol–water partition coefficient (Wildman–Crippen LogP) is 3.78. The smallest absolute Gasteiger partial charge is 0.222 e. The number of likely N-dealkylation sites (tertiary alicyclic amines) is 1. The average Bonchev–Trinajstić information content (AvgIpc) is 3.13. The lowest BCUT2D eigenvalue weighted by Gasteiger charge is -2.56. The van der Waals surface area contributed by atoms with Crippen LogP contribution < -0.4 is 0 Å². The van der Waals surface area contributed by atoms with E-state index in [1.165, 1.54) is 49.2 Å². The lowest BCUT2D eigenvalue weighted by Crippen LogP contribution is -2.48. The molecule has 0 unspecified atom stereocenters. The number of nitrogens with zero attached hydrogens (tertiary/aromatic N) is 2. The third-order valence-electron chi connectivity index (χ3n) is 6.90. The molecule has 6 rings (SSSR count). The van der Waals surface area contributed by atoms with Gasteiger partial charge in [-0.05, 0) is 62.7 Å². The van der Waals surface area contributed by atoms with Crippen LogP contribution in [0.4, 0.5) is 0 Å². The van der Waals surface area contributed by atoms with E-state index in [4.69, 9.17) is 4.98 Å². The van der Waals surface area contributed by atoms with Crippen molar-refractivity contribution in [1.29, 1.82) is 0 Å². The molecule has 2 heterocycles. The highest BCUT2D eigenvalue weighted by Gasteiger charge is 2.52. The third kappa shape index (κ3) is 2.45. The van der Waals surface area contributed by atoms with Gasteiger partial charge in [-0.25, -0.2) is 4.98 Å². The van der Waals surface area contributed by atoms with E-state index in [-0.39, 0.29) is 0 Å². The molecule has 5 fully saturated rings. The molecule has 1 aromatic rings. The van der Waals surface area contributed by atoms with Crippen LogP contribution in [0.3, 0.4) is 0 Å². The summed E-state index contributed by atoms with van der Waals surface area (Å²) in [6, 6.07) is 0. The summed E-state index contributed by atoms with van der Waals surface area (Å²) < 4.78 is 0. The molecule has 5 aliphatic rings. The summed E-state index contributed by atoms with van der Waals surface area (Å²) in [5.74, 6) is 3.28. The van der Waals surface area contributed by atoms with Gasteiger partial charge in [0.15, 0.2) is 0 Å². The maximum absolute atomic E-state index is 11.7. The second-order valence-corrected chi connectivity index (χ2v) is 9.50. The number of hydrogen-bond acceptors (Lipinski definition) is 3. The molecule has 0 spiro atoms. The van der Waals surface area contributed by atoms with Crippen molar-refractivity contribution in [3.8, 4) is 0 Å². The highest BCUT2D eigenvalue weighted by Crippen LogP contribution is 2.60. The summed E-state index contributed by atoms with van der Waals surface area (Å²) in [4.78, 5) is 18.8. The highest BCUT2D eigenvalue weighted by atomic mass is 32.1. The zero-order valence-electron chi connectivity index (χ0n) is 13.8. The number of carbonyl (C=O) groups excluding carboxylic acids is 1. The molecular formula is C19H26N2OS. The molecule has 0 radical (unpaired) electrons. The maximum Gasteiger partial charge on any atom is 0.222 e. The minimum Gasteiger partial charge on any atom is -0.342 e. The monoisotopic (exact) mass is 330 g/mol. The van der Waals surface area contributed by atoms with Crippen molar-refractivity contribution in [2.75, 3.05) is 13.1 Å². The van der Waals surface area contributed by atoms with E-state index >= 15 is 0 Å². The Morgan fingerprint density at radius 2 is 1.87 bits per heavy atom. The fourth-order valence-corrected chi connectivity index (χ4v) is 7.18. The summed E-state index contributed by atoms with van der Waals surface area (Å²) in [5.41, 5.74) is 1.83. The lowest BCUT2D eigenvalue weighted by molar-refractivity contribution is -0.127. The van der Waals surface area contributed by atoms with Crippen LogP contribution >= 0.6 is 11.3 Å². The van der Waals surface area contributed by atoms with E-state index in [0.29, 0.717) is 11.3 Å². The number of rotatable bonds is 4. The van der Waals surface area contributed by atoms with Crippen LogP contribution in [0.2, 0.25) is 0 Å². The Labute approximate surface area is 142 Å². The van der Waals surface area contributed by atoms with Crippen molar-refractivity contribution >= 4 is 17.2 Å². The van der Waals surface area contributed by atoms with Crippen LogP contribution in [0.1, 0.15) is 62.1 Å². The molecule has 4 aliphatic carbocycles. The van der Waals surface area contributed by atoms with Gasteiger partial charge in [0.05, 0.1) is 10.7 Å². The largest absolute Gasteiger partial charge is 0.342 e. The Balaban J connectivity index is 1.31. The third-order valence-corrected chi connectivity index (χ3v) is 7.81. The fraction of sp³-hybridized carbons (Fsp3) is 0.789. The summed E-state index contributed by atoms with van der Waals surface area (Å²) >= 11 is 1.83. The molecular weight excluding hydrogens is 304 g/mol. The van der Waals surface area contributed by atoms with E-state index in [2.05, 4.69) is 5.38 Å². The second kappa shape index (κ2) is 5.30. The van der Waals surface area contributed by atoms with Crippen molar-refractivity contribution in [3.63, 3.8) is 0 Å². The van der Waals surface area contributed by atoms with Gasteiger partial charge in [0, 0.05) is 36.7 Å². The predicted molar refractivity (Wildman–Crippen MR) is 91.5 cm³/mol. The van der Waals surface area contributed by atoms with Gasteiger partial charge in [0.1, 0.15) is 0 Å². The number of aromatic nitrogens is 1. The quantitative estimate of drug-likeness (QED) is 0.842. The molecule has 0 atom stereocenters. The molecule has 1 amide bonds. The topological polar surface area (TPSA) is 33.2 Å². The van der Waals surface area contributed by atoms with Gasteiger partial charge in [-0.3, -0.25) is 4.79 Å². The zero-order valence-corrected chi connectivity index (χ0v) is 14.6. The van der Waals surface area contributed by atoms with Crippen molar-refractivity contribution in [2.45, 2.75) is 63.2 Å². The van der Waals surface area contributed by atoms with Gasteiger partial charge in [-0.15, -0.1) is 11.3 Å². The molecule has 4 saturated carbocycles. The molecule has 1 aromatic heterocycles. The molecule has 4 bridgehead atoms. The van der Waals surface area contributed by atoms with E-state index < -0.39 is 0 Å². The first-order chi connectivity index (χ1) is 11.2. The van der Waals surface area contributed by atoms with Gasteiger partial charge in [-0.1, -0.05) is 0 Å². The van der Waals surface area contributed by atoms with Crippen molar-refractivity contribution in [2.24, 2.45) is 17.8 Å². The Hall–Kier alpha value is -0.900. The van der Waals surface area contributed by atoms with Crippen LogP contribution in [-0.2, 0) is 16.6 Å². The Bertz CT molecular complexity index is 587. The molecule has 0 N–H and O–H groups in total. The lowest BCUT2D eigenvalue weighted by atomic mass is 9.49. The SMILES string of the molecule is O=C1CCCN1CCc1nc(C23CC4CC(CC(C4)C2)C3)cs1. The number of hydrogen-bond donors (Lipinski definition) is 0. The van der Waals surface area contributed by atoms with Gasteiger partial charge < -0.3 is 4.90 Å². The van der Waals surface area contributed by atoms with E-state index in [9.17, 15) is 4.79 Å². The molecule has 3 nitrogen and oxygen atoms in total.